The number of nitriles is 1. The van der Waals surface area contributed by atoms with Crippen molar-refractivity contribution < 1.29 is 14.6 Å². The predicted molar refractivity (Wildman–Crippen MR) is 81.8 cm³/mol. The Morgan fingerprint density at radius 1 is 1.33 bits per heavy atom. The fourth-order valence-corrected chi connectivity index (χ4v) is 1.63. The number of rotatable bonds is 6. The van der Waals surface area contributed by atoms with Crippen LogP contribution in [0.5, 0.6) is 0 Å². The zero-order valence-electron chi connectivity index (χ0n) is 14.1. The van der Waals surface area contributed by atoms with Gasteiger partial charge in [-0.1, -0.05) is 0 Å². The van der Waals surface area contributed by atoms with Crippen molar-refractivity contribution in [2.24, 2.45) is 0 Å². The first kappa shape index (κ1) is 19.7. The van der Waals surface area contributed by atoms with Gasteiger partial charge in [0.1, 0.15) is 11.6 Å². The van der Waals surface area contributed by atoms with Crippen LogP contribution in [0.25, 0.3) is 0 Å². The average Bonchev–Trinajstić information content (AvgIpc) is 2.29. The topological polar surface area (TPSA) is 85.6 Å². The Morgan fingerprint density at radius 2 is 1.90 bits per heavy atom. The van der Waals surface area contributed by atoms with Crippen LogP contribution in [-0.2, 0) is 4.74 Å². The van der Waals surface area contributed by atoms with E-state index >= 15 is 0 Å². The largest absolute Gasteiger partial charge is 0.444 e. The zero-order chi connectivity index (χ0) is 16.7. The molecule has 21 heavy (non-hydrogen) atoms. The molecular formula is C15H29N3O3. The van der Waals surface area contributed by atoms with E-state index in [0.717, 1.165) is 0 Å². The predicted octanol–water partition coefficient (Wildman–Crippen LogP) is 1.89. The van der Waals surface area contributed by atoms with E-state index < -0.39 is 23.3 Å². The van der Waals surface area contributed by atoms with Crippen molar-refractivity contribution in [3.63, 3.8) is 0 Å². The number of carbonyl (C=O) groups excluding carboxylic acids is 1. The third-order valence-electron chi connectivity index (χ3n) is 2.67. The van der Waals surface area contributed by atoms with Crippen LogP contribution in [0.15, 0.2) is 0 Å². The second-order valence-electron chi connectivity index (χ2n) is 6.97. The Labute approximate surface area is 128 Å². The third-order valence-corrected chi connectivity index (χ3v) is 2.67. The molecular weight excluding hydrogens is 270 g/mol. The Morgan fingerprint density at radius 3 is 2.29 bits per heavy atom. The Kier molecular flexibility index (Phi) is 7.69. The van der Waals surface area contributed by atoms with Gasteiger partial charge >= 0.3 is 6.09 Å². The van der Waals surface area contributed by atoms with Crippen LogP contribution in [0, 0.1) is 11.3 Å². The van der Waals surface area contributed by atoms with Crippen molar-refractivity contribution >= 4 is 6.09 Å². The molecule has 1 atom stereocenters. The van der Waals surface area contributed by atoms with E-state index in [2.05, 4.69) is 11.4 Å². The number of carbonyl (C=O) groups is 1. The number of aliphatic hydroxyl groups is 1. The summed E-state index contributed by atoms with van der Waals surface area (Å²) in [7, 11) is 0. The first-order valence-electron chi connectivity index (χ1n) is 7.25. The van der Waals surface area contributed by atoms with Crippen LogP contribution >= 0.6 is 0 Å². The monoisotopic (exact) mass is 299 g/mol. The smallest absolute Gasteiger partial charge is 0.410 e. The van der Waals surface area contributed by atoms with Crippen LogP contribution in [0.3, 0.4) is 0 Å². The molecule has 0 bridgehead atoms. The van der Waals surface area contributed by atoms with Crippen molar-refractivity contribution in [2.75, 3.05) is 19.7 Å². The lowest BCUT2D eigenvalue weighted by Gasteiger charge is -2.37. The molecule has 0 saturated heterocycles. The lowest BCUT2D eigenvalue weighted by atomic mass is 10.1. The highest BCUT2D eigenvalue weighted by molar-refractivity contribution is 5.69. The summed E-state index contributed by atoms with van der Waals surface area (Å²) in [6.45, 7) is 12.0. The number of hydrogen-bond donors (Lipinski definition) is 2. The van der Waals surface area contributed by atoms with E-state index in [4.69, 9.17) is 9.84 Å². The molecule has 1 unspecified atom stereocenters. The molecule has 2 N–H and O–H groups in total. The first-order chi connectivity index (χ1) is 9.51. The quantitative estimate of drug-likeness (QED) is 0.731. The molecule has 0 aliphatic rings. The summed E-state index contributed by atoms with van der Waals surface area (Å²) in [6, 6.07) is 1.64. The van der Waals surface area contributed by atoms with Crippen molar-refractivity contribution in [1.29, 1.82) is 5.26 Å². The molecule has 1 amide bonds. The highest BCUT2D eigenvalue weighted by atomic mass is 16.6. The van der Waals surface area contributed by atoms with E-state index in [9.17, 15) is 10.1 Å². The summed E-state index contributed by atoms with van der Waals surface area (Å²) in [6.07, 6.45) is 0.138. The first-order valence-corrected chi connectivity index (χ1v) is 7.25. The molecule has 0 aliphatic carbocycles. The van der Waals surface area contributed by atoms with Crippen LogP contribution in [-0.4, -0.2) is 53.0 Å². The van der Waals surface area contributed by atoms with Crippen molar-refractivity contribution in [2.45, 2.75) is 65.1 Å². The van der Waals surface area contributed by atoms with Gasteiger partial charge in [0.15, 0.2) is 0 Å². The summed E-state index contributed by atoms with van der Waals surface area (Å²) in [4.78, 5) is 13.9. The van der Waals surface area contributed by atoms with Gasteiger partial charge in [-0.25, -0.2) is 4.79 Å². The molecule has 0 radical (unpaired) electrons. The molecule has 0 aliphatic heterocycles. The molecule has 0 rings (SSSR count). The zero-order valence-corrected chi connectivity index (χ0v) is 14.1. The number of amides is 1. The van der Waals surface area contributed by atoms with Crippen LogP contribution in [0.1, 0.15) is 48.0 Å². The molecule has 0 heterocycles. The number of nitrogens with zero attached hydrogens (tertiary/aromatic N) is 2. The van der Waals surface area contributed by atoms with Crippen molar-refractivity contribution in [3.8, 4) is 6.07 Å². The van der Waals surface area contributed by atoms with Gasteiger partial charge in [0.05, 0.1) is 12.6 Å². The highest BCUT2D eigenvalue weighted by Crippen LogP contribution is 2.18. The molecule has 6 heteroatoms. The fourth-order valence-electron chi connectivity index (χ4n) is 1.63. The van der Waals surface area contributed by atoms with E-state index in [0.29, 0.717) is 13.0 Å². The van der Waals surface area contributed by atoms with Gasteiger partial charge in [-0.05, 0) is 54.5 Å². The number of ether oxygens (including phenoxy) is 1. The minimum Gasteiger partial charge on any atom is -0.444 e. The fraction of sp³-hybridized carbons (Fsp3) is 0.867. The van der Waals surface area contributed by atoms with Gasteiger partial charge < -0.3 is 20.1 Å². The average molecular weight is 299 g/mol. The van der Waals surface area contributed by atoms with Gasteiger partial charge in [0.2, 0.25) is 0 Å². The Balaban J connectivity index is 4.85. The maximum atomic E-state index is 12.3. The second-order valence-corrected chi connectivity index (χ2v) is 6.97. The minimum absolute atomic E-state index is 0.0696. The molecule has 0 aromatic heterocycles. The van der Waals surface area contributed by atoms with Crippen molar-refractivity contribution in [3.05, 3.63) is 0 Å². The molecule has 0 aromatic carbocycles. The lowest BCUT2D eigenvalue weighted by Crippen LogP contribution is -2.53. The number of nitrogens with one attached hydrogen (secondary N) is 1. The number of aliphatic hydroxyl groups excluding tert-OH is 1. The van der Waals surface area contributed by atoms with Gasteiger partial charge in [-0.3, -0.25) is 0 Å². The third kappa shape index (κ3) is 8.53. The molecule has 0 spiro atoms. The summed E-state index contributed by atoms with van der Waals surface area (Å²) in [5.41, 5.74) is -1.02. The SMILES string of the molecule is CC(C)(C)OC(=O)N(CC(C#N)NCCCO)C(C)(C)C. The van der Waals surface area contributed by atoms with Crippen LogP contribution in [0.4, 0.5) is 4.79 Å². The van der Waals surface area contributed by atoms with Gasteiger partial charge in [0.25, 0.3) is 0 Å². The maximum Gasteiger partial charge on any atom is 0.410 e. The molecule has 0 saturated carbocycles. The summed E-state index contributed by atoms with van der Waals surface area (Å²) >= 11 is 0. The normalized spacial score (nSPS) is 13.4. The number of hydrogen-bond acceptors (Lipinski definition) is 5. The van der Waals surface area contributed by atoms with E-state index in [-0.39, 0.29) is 13.2 Å². The van der Waals surface area contributed by atoms with E-state index in [1.165, 1.54) is 0 Å². The molecule has 0 fully saturated rings. The van der Waals surface area contributed by atoms with E-state index in [1.54, 1.807) is 4.90 Å². The maximum absolute atomic E-state index is 12.3. The minimum atomic E-state index is -0.576. The van der Waals surface area contributed by atoms with Gasteiger partial charge in [0, 0.05) is 12.1 Å². The lowest BCUT2D eigenvalue weighted by molar-refractivity contribution is 0.00505. The summed E-state index contributed by atoms with van der Waals surface area (Å²) < 4.78 is 5.41. The molecule has 6 nitrogen and oxygen atoms in total. The summed E-state index contributed by atoms with van der Waals surface area (Å²) in [5, 5.41) is 21.0. The highest BCUT2D eigenvalue weighted by Gasteiger charge is 2.32. The van der Waals surface area contributed by atoms with Crippen molar-refractivity contribution in [1.82, 2.24) is 10.2 Å². The van der Waals surface area contributed by atoms with Crippen LogP contribution in [0.2, 0.25) is 0 Å². The van der Waals surface area contributed by atoms with E-state index in [1.807, 2.05) is 41.5 Å². The van der Waals surface area contributed by atoms with Gasteiger partial charge in [-0.2, -0.15) is 5.26 Å². The molecule has 122 valence electrons. The second kappa shape index (κ2) is 8.20. The van der Waals surface area contributed by atoms with Gasteiger partial charge in [-0.15, -0.1) is 0 Å². The standard InChI is InChI=1S/C15H29N3O3/c1-14(2,3)18(13(20)21-15(4,5)6)11-12(10-16)17-8-7-9-19/h12,17,19H,7-9,11H2,1-6H3. The Hall–Kier alpha value is -1.32. The Bertz CT molecular complexity index is 364. The van der Waals surface area contributed by atoms with Crippen LogP contribution < -0.4 is 5.32 Å². The molecule has 0 aromatic rings. The summed E-state index contributed by atoms with van der Waals surface area (Å²) in [5.74, 6) is 0.